The van der Waals surface area contributed by atoms with Crippen molar-refractivity contribution in [3.05, 3.63) is 23.8 Å². The van der Waals surface area contributed by atoms with Gasteiger partial charge >= 0.3 is 5.97 Å². The topological polar surface area (TPSA) is 81.8 Å². The average Bonchev–Trinajstić information content (AvgIpc) is 2.49. The summed E-state index contributed by atoms with van der Waals surface area (Å²) in [6.07, 6.45) is 1.99. The molecule has 0 radical (unpaired) electrons. The van der Waals surface area contributed by atoms with Crippen LogP contribution in [0.2, 0.25) is 0 Å². The van der Waals surface area contributed by atoms with Crippen LogP contribution in [-0.4, -0.2) is 29.8 Å². The van der Waals surface area contributed by atoms with Gasteiger partial charge < -0.3 is 20.3 Å². The molecule has 0 bridgehead atoms. The molecule has 3 N–H and O–H groups in total. The number of carboxylic acids is 1. The summed E-state index contributed by atoms with van der Waals surface area (Å²) in [7, 11) is 0. The Kier molecular flexibility index (Phi) is 7.36. The molecule has 5 heteroatoms. The summed E-state index contributed by atoms with van der Waals surface area (Å²) in [6.45, 7) is 8.61. The number of benzene rings is 1. The number of hydrogen-bond acceptors (Lipinski definition) is 4. The van der Waals surface area contributed by atoms with E-state index >= 15 is 0 Å². The largest absolute Gasteiger partial charge is 0.490 e. The highest BCUT2D eigenvalue weighted by Gasteiger charge is 2.31. The quantitative estimate of drug-likeness (QED) is 0.691. The van der Waals surface area contributed by atoms with Gasteiger partial charge in [0.2, 0.25) is 0 Å². The lowest BCUT2D eigenvalue weighted by Crippen LogP contribution is -2.46. The van der Waals surface area contributed by atoms with E-state index in [-0.39, 0.29) is 5.92 Å². The molecule has 130 valence electrons. The van der Waals surface area contributed by atoms with E-state index in [4.69, 9.17) is 15.2 Å². The van der Waals surface area contributed by atoms with Gasteiger partial charge in [-0.1, -0.05) is 25.5 Å². The second-order valence-corrected chi connectivity index (χ2v) is 6.02. The predicted octanol–water partition coefficient (Wildman–Crippen LogP) is 3.24. The molecule has 0 aromatic heterocycles. The number of nitrogens with two attached hydrogens (primary N) is 1. The van der Waals surface area contributed by atoms with Crippen molar-refractivity contribution in [1.82, 2.24) is 0 Å². The maximum absolute atomic E-state index is 11.3. The zero-order chi connectivity index (χ0) is 17.5. The van der Waals surface area contributed by atoms with Crippen LogP contribution in [0.3, 0.4) is 0 Å². The fourth-order valence-electron chi connectivity index (χ4n) is 2.66. The molecule has 23 heavy (non-hydrogen) atoms. The number of para-hydroxylation sites is 1. The first-order valence-electron chi connectivity index (χ1n) is 8.25. The average molecular weight is 323 g/mol. The third-order valence-electron chi connectivity index (χ3n) is 3.94. The SMILES string of the molecule is CCOc1cccc(CC(CC)CC(C)(N)C(=O)O)c1OCC. The van der Waals surface area contributed by atoms with Crippen LogP contribution in [0.1, 0.15) is 46.1 Å². The first-order valence-corrected chi connectivity index (χ1v) is 8.25. The minimum Gasteiger partial charge on any atom is -0.490 e. The van der Waals surface area contributed by atoms with Gasteiger partial charge in [-0.15, -0.1) is 0 Å². The molecule has 0 fully saturated rings. The van der Waals surface area contributed by atoms with E-state index in [1.807, 2.05) is 32.0 Å². The van der Waals surface area contributed by atoms with Crippen LogP contribution in [-0.2, 0) is 11.2 Å². The Morgan fingerprint density at radius 2 is 1.91 bits per heavy atom. The summed E-state index contributed by atoms with van der Waals surface area (Å²) in [5.74, 6) is 0.682. The maximum atomic E-state index is 11.3. The number of aliphatic carboxylic acids is 1. The molecule has 0 aliphatic rings. The van der Waals surface area contributed by atoms with Gasteiger partial charge in [0.1, 0.15) is 5.54 Å². The Hall–Kier alpha value is -1.75. The molecule has 2 atom stereocenters. The molecule has 0 aliphatic heterocycles. The highest BCUT2D eigenvalue weighted by atomic mass is 16.5. The van der Waals surface area contributed by atoms with Crippen LogP contribution < -0.4 is 15.2 Å². The summed E-state index contributed by atoms with van der Waals surface area (Å²) in [4.78, 5) is 11.3. The Bertz CT molecular complexity index is 514. The van der Waals surface area contributed by atoms with Crippen molar-refractivity contribution in [2.24, 2.45) is 11.7 Å². The van der Waals surface area contributed by atoms with E-state index < -0.39 is 11.5 Å². The standard InChI is InChI=1S/C18H29NO4/c1-5-13(12-18(4,19)17(20)21)11-14-9-8-10-15(22-6-2)16(14)23-7-3/h8-10,13H,5-7,11-12,19H2,1-4H3,(H,20,21). The third-order valence-corrected chi connectivity index (χ3v) is 3.94. The zero-order valence-electron chi connectivity index (χ0n) is 14.6. The van der Waals surface area contributed by atoms with Crippen molar-refractivity contribution in [2.45, 2.75) is 52.5 Å². The minimum atomic E-state index is -1.22. The summed E-state index contributed by atoms with van der Waals surface area (Å²) >= 11 is 0. The molecular weight excluding hydrogens is 294 g/mol. The van der Waals surface area contributed by atoms with Gasteiger partial charge in [-0.3, -0.25) is 4.79 Å². The Labute approximate surface area is 138 Å². The molecule has 2 unspecified atom stereocenters. The second-order valence-electron chi connectivity index (χ2n) is 6.02. The lowest BCUT2D eigenvalue weighted by atomic mass is 9.84. The van der Waals surface area contributed by atoms with Crippen molar-refractivity contribution in [3.63, 3.8) is 0 Å². The van der Waals surface area contributed by atoms with Gasteiger partial charge in [-0.2, -0.15) is 0 Å². The highest BCUT2D eigenvalue weighted by Crippen LogP contribution is 2.34. The molecule has 0 aliphatic carbocycles. The molecular formula is C18H29NO4. The van der Waals surface area contributed by atoms with Crippen LogP contribution in [0.5, 0.6) is 11.5 Å². The number of carbonyl (C=O) groups is 1. The molecule has 0 heterocycles. The lowest BCUT2D eigenvalue weighted by Gasteiger charge is -2.26. The van der Waals surface area contributed by atoms with E-state index in [2.05, 4.69) is 6.92 Å². The molecule has 0 spiro atoms. The van der Waals surface area contributed by atoms with E-state index in [9.17, 15) is 9.90 Å². The fraction of sp³-hybridized carbons (Fsp3) is 0.611. The Morgan fingerprint density at radius 3 is 2.43 bits per heavy atom. The number of ether oxygens (including phenoxy) is 2. The smallest absolute Gasteiger partial charge is 0.323 e. The van der Waals surface area contributed by atoms with Crippen LogP contribution in [0.15, 0.2) is 18.2 Å². The summed E-state index contributed by atoms with van der Waals surface area (Å²) in [5.41, 5.74) is 5.72. The zero-order valence-corrected chi connectivity index (χ0v) is 14.6. The van der Waals surface area contributed by atoms with Crippen molar-refractivity contribution < 1.29 is 19.4 Å². The molecule has 5 nitrogen and oxygen atoms in total. The number of carboxylic acid groups (broad SMARTS) is 1. The van der Waals surface area contributed by atoms with Crippen LogP contribution in [0, 0.1) is 5.92 Å². The van der Waals surface area contributed by atoms with Crippen molar-refractivity contribution in [1.29, 1.82) is 0 Å². The Morgan fingerprint density at radius 1 is 1.26 bits per heavy atom. The molecule has 1 aromatic carbocycles. The maximum Gasteiger partial charge on any atom is 0.323 e. The molecule has 1 rings (SSSR count). The minimum absolute atomic E-state index is 0.164. The summed E-state index contributed by atoms with van der Waals surface area (Å²) in [5, 5.41) is 9.23. The second kappa shape index (κ2) is 8.77. The molecule has 0 saturated heterocycles. The third kappa shape index (κ3) is 5.43. The van der Waals surface area contributed by atoms with Crippen LogP contribution in [0.25, 0.3) is 0 Å². The van der Waals surface area contributed by atoms with E-state index in [0.717, 1.165) is 23.5 Å². The predicted molar refractivity (Wildman–Crippen MR) is 91.1 cm³/mol. The van der Waals surface area contributed by atoms with Gasteiger partial charge in [-0.25, -0.2) is 0 Å². The summed E-state index contributed by atoms with van der Waals surface area (Å²) in [6, 6.07) is 5.84. The van der Waals surface area contributed by atoms with E-state index in [1.54, 1.807) is 6.92 Å². The normalized spacial score (nSPS) is 14.8. The van der Waals surface area contributed by atoms with Crippen LogP contribution >= 0.6 is 0 Å². The molecule has 0 amide bonds. The molecule has 0 saturated carbocycles. The number of hydrogen-bond donors (Lipinski definition) is 2. The first-order chi connectivity index (χ1) is 10.9. The van der Waals surface area contributed by atoms with Gasteiger partial charge in [0.25, 0.3) is 0 Å². The summed E-state index contributed by atoms with van der Waals surface area (Å²) < 4.78 is 11.4. The van der Waals surface area contributed by atoms with Gasteiger partial charge in [0, 0.05) is 0 Å². The fourth-order valence-corrected chi connectivity index (χ4v) is 2.66. The number of rotatable bonds is 10. The first kappa shape index (κ1) is 19.3. The highest BCUT2D eigenvalue weighted by molar-refractivity contribution is 5.77. The van der Waals surface area contributed by atoms with Crippen molar-refractivity contribution in [2.75, 3.05) is 13.2 Å². The van der Waals surface area contributed by atoms with Crippen molar-refractivity contribution in [3.8, 4) is 11.5 Å². The van der Waals surface area contributed by atoms with Gasteiger partial charge in [0.05, 0.1) is 13.2 Å². The van der Waals surface area contributed by atoms with Crippen molar-refractivity contribution >= 4 is 5.97 Å². The van der Waals surface area contributed by atoms with Gasteiger partial charge in [0.15, 0.2) is 11.5 Å². The van der Waals surface area contributed by atoms with Crippen LogP contribution in [0.4, 0.5) is 0 Å². The molecule has 1 aromatic rings. The lowest BCUT2D eigenvalue weighted by molar-refractivity contribution is -0.143. The van der Waals surface area contributed by atoms with E-state index in [1.165, 1.54) is 0 Å². The van der Waals surface area contributed by atoms with E-state index in [0.29, 0.717) is 26.1 Å². The van der Waals surface area contributed by atoms with Gasteiger partial charge in [-0.05, 0) is 51.2 Å². The Balaban J connectivity index is 3.00. The monoisotopic (exact) mass is 323 g/mol.